The van der Waals surface area contributed by atoms with Crippen molar-refractivity contribution in [2.75, 3.05) is 13.2 Å². The van der Waals surface area contributed by atoms with Crippen LogP contribution in [0.4, 0.5) is 0 Å². The lowest BCUT2D eigenvalue weighted by Crippen LogP contribution is -2.36. The van der Waals surface area contributed by atoms with Crippen molar-refractivity contribution in [3.8, 4) is 5.75 Å². The topological polar surface area (TPSA) is 93.9 Å². The summed E-state index contributed by atoms with van der Waals surface area (Å²) >= 11 is 12.4. The molecule has 26 heavy (non-hydrogen) atoms. The molecule has 0 radical (unpaired) electrons. The number of hydrazone groups is 1. The number of carbonyl (C=O) groups is 1. The van der Waals surface area contributed by atoms with E-state index in [9.17, 15) is 4.79 Å². The number of carbonyl (C=O) groups excluding carboxylic acids is 1. The van der Waals surface area contributed by atoms with Crippen molar-refractivity contribution in [1.29, 1.82) is 0 Å². The first-order valence-corrected chi connectivity index (χ1v) is 9.07. The molecule has 1 rings (SSSR count). The predicted molar refractivity (Wildman–Crippen MR) is 110 cm³/mol. The largest absolute Gasteiger partial charge is 0.482 e. The standard InChI is InChI=1S/C17H26Cl2N4O2.ClH/c1-4-6-7-23(22-17(20)21)15(24)10-25-16-13(11(3)5-2)8-12(18)9-14(16)19;/h8-9,11H,4-7,10H2,1-3H3,(H4,20,21,22);1H. The van der Waals surface area contributed by atoms with Crippen LogP contribution in [0.3, 0.4) is 0 Å². The maximum atomic E-state index is 12.4. The van der Waals surface area contributed by atoms with E-state index in [2.05, 4.69) is 12.0 Å². The van der Waals surface area contributed by atoms with Crippen LogP contribution in [-0.4, -0.2) is 30.0 Å². The molecule has 9 heteroatoms. The van der Waals surface area contributed by atoms with E-state index >= 15 is 0 Å². The fraction of sp³-hybridized carbons (Fsp3) is 0.529. The van der Waals surface area contributed by atoms with E-state index in [4.69, 9.17) is 39.4 Å². The molecule has 0 heterocycles. The number of nitrogens with zero attached hydrogens (tertiary/aromatic N) is 2. The summed E-state index contributed by atoms with van der Waals surface area (Å²) in [6.45, 7) is 6.32. The Kier molecular flexibility index (Phi) is 11.5. The molecule has 0 aliphatic rings. The van der Waals surface area contributed by atoms with E-state index in [0.29, 0.717) is 22.3 Å². The third kappa shape index (κ3) is 7.48. The smallest absolute Gasteiger partial charge is 0.280 e. The van der Waals surface area contributed by atoms with Crippen molar-refractivity contribution in [3.63, 3.8) is 0 Å². The third-order valence-electron chi connectivity index (χ3n) is 3.77. The number of ether oxygens (including phenoxy) is 1. The van der Waals surface area contributed by atoms with E-state index in [1.165, 1.54) is 5.01 Å². The number of hydrogen-bond acceptors (Lipinski definition) is 3. The summed E-state index contributed by atoms with van der Waals surface area (Å²) in [7, 11) is 0. The van der Waals surface area contributed by atoms with Crippen molar-refractivity contribution in [3.05, 3.63) is 27.7 Å². The Hall–Kier alpha value is -1.37. The minimum atomic E-state index is -0.344. The van der Waals surface area contributed by atoms with E-state index < -0.39 is 0 Å². The highest BCUT2D eigenvalue weighted by Gasteiger charge is 2.19. The van der Waals surface area contributed by atoms with Gasteiger partial charge in [0.1, 0.15) is 5.75 Å². The number of guanidine groups is 1. The van der Waals surface area contributed by atoms with Crippen LogP contribution in [0, 0.1) is 0 Å². The molecular formula is C17H27Cl3N4O2. The molecule has 0 bridgehead atoms. The van der Waals surface area contributed by atoms with Crippen molar-refractivity contribution < 1.29 is 9.53 Å². The summed E-state index contributed by atoms with van der Waals surface area (Å²) in [5.74, 6) is 0.140. The SMILES string of the molecule is CCCCN(N=C(N)N)C(=O)COc1c(Cl)cc(Cl)cc1C(C)CC.Cl. The van der Waals surface area contributed by atoms with Gasteiger partial charge in [-0.3, -0.25) is 4.79 Å². The molecule has 1 aromatic carbocycles. The van der Waals surface area contributed by atoms with Crippen LogP contribution in [0.2, 0.25) is 10.0 Å². The zero-order chi connectivity index (χ0) is 19.0. The summed E-state index contributed by atoms with van der Waals surface area (Å²) in [5, 5.41) is 5.99. The summed E-state index contributed by atoms with van der Waals surface area (Å²) < 4.78 is 5.72. The number of unbranched alkanes of at least 4 members (excludes halogenated alkanes) is 1. The Morgan fingerprint density at radius 2 is 1.96 bits per heavy atom. The zero-order valence-corrected chi connectivity index (χ0v) is 17.6. The lowest BCUT2D eigenvalue weighted by Gasteiger charge is -2.20. The van der Waals surface area contributed by atoms with Crippen LogP contribution in [0.1, 0.15) is 51.5 Å². The molecular weight excluding hydrogens is 399 g/mol. The fourth-order valence-electron chi connectivity index (χ4n) is 2.20. The Morgan fingerprint density at radius 1 is 1.31 bits per heavy atom. The molecule has 1 aromatic rings. The summed E-state index contributed by atoms with van der Waals surface area (Å²) in [5.41, 5.74) is 11.7. The number of amides is 1. The fourth-order valence-corrected chi connectivity index (χ4v) is 2.77. The molecule has 0 saturated heterocycles. The maximum absolute atomic E-state index is 12.4. The highest BCUT2D eigenvalue weighted by atomic mass is 35.5. The average molecular weight is 426 g/mol. The molecule has 0 aromatic heterocycles. The average Bonchev–Trinajstić information content (AvgIpc) is 2.55. The minimum absolute atomic E-state index is 0. The molecule has 1 atom stereocenters. The van der Waals surface area contributed by atoms with Crippen LogP contribution in [0.15, 0.2) is 17.2 Å². The first kappa shape index (κ1) is 24.6. The second-order valence-corrected chi connectivity index (χ2v) is 6.64. The van der Waals surface area contributed by atoms with Gasteiger partial charge in [-0.2, -0.15) is 0 Å². The highest BCUT2D eigenvalue weighted by molar-refractivity contribution is 6.35. The van der Waals surface area contributed by atoms with Crippen molar-refractivity contribution in [1.82, 2.24) is 5.01 Å². The van der Waals surface area contributed by atoms with Crippen LogP contribution in [0.25, 0.3) is 0 Å². The van der Waals surface area contributed by atoms with Crippen LogP contribution in [0.5, 0.6) is 5.75 Å². The molecule has 0 saturated carbocycles. The number of rotatable bonds is 9. The Balaban J connectivity index is 0.00000625. The van der Waals surface area contributed by atoms with Gasteiger partial charge in [0, 0.05) is 11.6 Å². The number of hydrogen-bond donors (Lipinski definition) is 2. The molecule has 0 aliphatic carbocycles. The Bertz CT molecular complexity index is 622. The Morgan fingerprint density at radius 3 is 2.50 bits per heavy atom. The second-order valence-electron chi connectivity index (χ2n) is 5.80. The predicted octanol–water partition coefficient (Wildman–Crippen LogP) is 4.12. The van der Waals surface area contributed by atoms with Gasteiger partial charge >= 0.3 is 0 Å². The van der Waals surface area contributed by atoms with Gasteiger partial charge in [0.05, 0.1) is 5.02 Å². The molecule has 148 valence electrons. The van der Waals surface area contributed by atoms with Crippen molar-refractivity contribution in [2.24, 2.45) is 16.6 Å². The van der Waals surface area contributed by atoms with Gasteiger partial charge in [0.2, 0.25) is 5.96 Å². The highest BCUT2D eigenvalue weighted by Crippen LogP contribution is 2.37. The van der Waals surface area contributed by atoms with Gasteiger partial charge < -0.3 is 16.2 Å². The number of nitrogens with two attached hydrogens (primary N) is 2. The third-order valence-corrected chi connectivity index (χ3v) is 4.27. The first-order valence-electron chi connectivity index (χ1n) is 8.31. The van der Waals surface area contributed by atoms with Gasteiger partial charge in [-0.05, 0) is 36.5 Å². The quantitative estimate of drug-likeness (QED) is 0.353. The van der Waals surface area contributed by atoms with E-state index in [-0.39, 0.29) is 36.8 Å². The normalized spacial score (nSPS) is 11.3. The monoisotopic (exact) mass is 424 g/mol. The van der Waals surface area contributed by atoms with Crippen LogP contribution >= 0.6 is 35.6 Å². The van der Waals surface area contributed by atoms with E-state index in [0.717, 1.165) is 24.8 Å². The first-order chi connectivity index (χ1) is 11.8. The zero-order valence-electron chi connectivity index (χ0n) is 15.3. The molecule has 4 N–H and O–H groups in total. The van der Waals surface area contributed by atoms with Gasteiger partial charge in [0.25, 0.3) is 5.91 Å². The molecule has 1 amide bonds. The second kappa shape index (κ2) is 12.1. The van der Waals surface area contributed by atoms with Gasteiger partial charge in [0.15, 0.2) is 6.61 Å². The molecule has 1 unspecified atom stereocenters. The Labute approximate surface area is 171 Å². The van der Waals surface area contributed by atoms with Crippen molar-refractivity contribution in [2.45, 2.75) is 46.0 Å². The summed E-state index contributed by atoms with van der Waals surface area (Å²) in [4.78, 5) is 12.4. The molecule has 0 fully saturated rings. The number of benzene rings is 1. The summed E-state index contributed by atoms with van der Waals surface area (Å²) in [6, 6.07) is 3.41. The van der Waals surface area contributed by atoms with Crippen LogP contribution < -0.4 is 16.2 Å². The minimum Gasteiger partial charge on any atom is -0.482 e. The van der Waals surface area contributed by atoms with Gasteiger partial charge in [-0.1, -0.05) is 50.4 Å². The molecule has 6 nitrogen and oxygen atoms in total. The van der Waals surface area contributed by atoms with Gasteiger partial charge in [-0.15, -0.1) is 17.5 Å². The van der Waals surface area contributed by atoms with Crippen molar-refractivity contribution >= 4 is 47.5 Å². The lowest BCUT2D eigenvalue weighted by molar-refractivity contribution is -0.133. The van der Waals surface area contributed by atoms with E-state index in [1.807, 2.05) is 19.9 Å². The molecule has 0 aliphatic heterocycles. The van der Waals surface area contributed by atoms with Gasteiger partial charge in [-0.25, -0.2) is 5.01 Å². The lowest BCUT2D eigenvalue weighted by atomic mass is 9.98. The van der Waals surface area contributed by atoms with E-state index in [1.54, 1.807) is 6.07 Å². The summed E-state index contributed by atoms with van der Waals surface area (Å²) in [6.07, 6.45) is 2.58. The molecule has 0 spiro atoms. The van der Waals surface area contributed by atoms with Crippen LogP contribution in [-0.2, 0) is 4.79 Å². The maximum Gasteiger partial charge on any atom is 0.280 e. The number of halogens is 3.